The van der Waals surface area contributed by atoms with Gasteiger partial charge in [-0.1, -0.05) is 13.0 Å². The minimum atomic E-state index is -0.429. The average molecular weight is 192 g/mol. The summed E-state index contributed by atoms with van der Waals surface area (Å²) in [5.41, 5.74) is 8.13. The molecule has 0 saturated heterocycles. The van der Waals surface area contributed by atoms with E-state index in [1.165, 1.54) is 0 Å². The summed E-state index contributed by atoms with van der Waals surface area (Å²) in [6.45, 7) is 2.02. The second-order valence-corrected chi connectivity index (χ2v) is 3.28. The number of nitrogens with one attached hydrogen (secondary N) is 1. The van der Waals surface area contributed by atoms with Gasteiger partial charge in [0, 0.05) is 6.04 Å². The van der Waals surface area contributed by atoms with E-state index in [1.807, 2.05) is 19.1 Å². The lowest BCUT2D eigenvalue weighted by molar-refractivity contribution is 0.554. The average Bonchev–Trinajstić information content (AvgIpc) is 2.55. The molecule has 4 heteroatoms. The normalized spacial score (nSPS) is 13.3. The van der Waals surface area contributed by atoms with Gasteiger partial charge in [0.25, 0.3) is 0 Å². The molecule has 0 amide bonds. The Morgan fingerprint density at radius 2 is 2.36 bits per heavy atom. The topological polar surface area (TPSA) is 72.0 Å². The molecule has 0 fully saturated rings. The molecule has 0 spiro atoms. The highest BCUT2D eigenvalue weighted by molar-refractivity contribution is 5.72. The Kier molecular flexibility index (Phi) is 2.13. The van der Waals surface area contributed by atoms with Crippen molar-refractivity contribution in [1.29, 1.82) is 0 Å². The molecule has 14 heavy (non-hydrogen) atoms. The molecule has 0 bridgehead atoms. The number of hydrogen-bond donors (Lipinski definition) is 2. The molecule has 1 heterocycles. The fraction of sp³-hybridized carbons (Fsp3) is 0.300. The van der Waals surface area contributed by atoms with E-state index >= 15 is 0 Å². The fourth-order valence-electron chi connectivity index (χ4n) is 1.43. The number of oxazole rings is 1. The summed E-state index contributed by atoms with van der Waals surface area (Å²) in [5.74, 6) is -0.429. The van der Waals surface area contributed by atoms with Crippen molar-refractivity contribution in [3.63, 3.8) is 0 Å². The summed E-state index contributed by atoms with van der Waals surface area (Å²) >= 11 is 0. The first-order valence-corrected chi connectivity index (χ1v) is 4.59. The number of H-pyrrole nitrogens is 1. The van der Waals surface area contributed by atoms with Gasteiger partial charge < -0.3 is 10.2 Å². The quantitative estimate of drug-likeness (QED) is 0.757. The molecule has 2 rings (SSSR count). The van der Waals surface area contributed by atoms with E-state index in [0.717, 1.165) is 12.0 Å². The Hall–Kier alpha value is -1.55. The van der Waals surface area contributed by atoms with Gasteiger partial charge in [0.2, 0.25) is 0 Å². The summed E-state index contributed by atoms with van der Waals surface area (Å²) in [6, 6.07) is 5.52. The van der Waals surface area contributed by atoms with Crippen LogP contribution in [0.3, 0.4) is 0 Å². The van der Waals surface area contributed by atoms with E-state index in [2.05, 4.69) is 4.98 Å². The standard InChI is InChI=1S/C10H12N2O2/c1-2-7(11)6-3-4-8-9(5-6)14-10(13)12-8/h3-5,7H,2,11H2,1H3,(H,12,13)/t7-/m1/s1. The highest BCUT2D eigenvalue weighted by Crippen LogP contribution is 2.18. The number of hydrogen-bond acceptors (Lipinski definition) is 3. The lowest BCUT2D eigenvalue weighted by Gasteiger charge is -2.07. The smallest absolute Gasteiger partial charge is 0.408 e. The highest BCUT2D eigenvalue weighted by atomic mass is 16.4. The Morgan fingerprint density at radius 3 is 3.07 bits per heavy atom. The molecule has 0 radical (unpaired) electrons. The Labute approximate surface area is 80.7 Å². The van der Waals surface area contributed by atoms with Crippen LogP contribution in [-0.4, -0.2) is 4.98 Å². The van der Waals surface area contributed by atoms with E-state index in [4.69, 9.17) is 10.2 Å². The zero-order valence-corrected chi connectivity index (χ0v) is 7.91. The maximum atomic E-state index is 10.9. The summed E-state index contributed by atoms with van der Waals surface area (Å²) in [4.78, 5) is 13.5. The van der Waals surface area contributed by atoms with Gasteiger partial charge in [0.05, 0.1) is 5.52 Å². The van der Waals surface area contributed by atoms with Gasteiger partial charge in [-0.05, 0) is 24.1 Å². The lowest BCUT2D eigenvalue weighted by Crippen LogP contribution is -2.07. The Balaban J connectivity index is 2.55. The van der Waals surface area contributed by atoms with Gasteiger partial charge in [-0.15, -0.1) is 0 Å². The highest BCUT2D eigenvalue weighted by Gasteiger charge is 2.06. The molecule has 3 N–H and O–H groups in total. The van der Waals surface area contributed by atoms with Crippen molar-refractivity contribution in [2.75, 3.05) is 0 Å². The van der Waals surface area contributed by atoms with Crippen LogP contribution in [0.15, 0.2) is 27.4 Å². The first-order valence-electron chi connectivity index (χ1n) is 4.59. The van der Waals surface area contributed by atoms with Crippen LogP contribution < -0.4 is 11.5 Å². The van der Waals surface area contributed by atoms with Crippen LogP contribution in [0.2, 0.25) is 0 Å². The molecule has 0 unspecified atom stereocenters. The van der Waals surface area contributed by atoms with E-state index in [0.29, 0.717) is 11.1 Å². The predicted octanol–water partition coefficient (Wildman–Crippen LogP) is 1.53. The SMILES string of the molecule is CC[C@@H](N)c1ccc2[nH]c(=O)oc2c1. The summed E-state index contributed by atoms with van der Waals surface area (Å²) in [6.07, 6.45) is 0.861. The van der Waals surface area contributed by atoms with Gasteiger partial charge in [0.15, 0.2) is 5.58 Å². The van der Waals surface area contributed by atoms with E-state index in [-0.39, 0.29) is 6.04 Å². The maximum Gasteiger partial charge on any atom is 0.417 e. The molecule has 1 atom stereocenters. The summed E-state index contributed by atoms with van der Waals surface area (Å²) < 4.78 is 4.94. The van der Waals surface area contributed by atoms with Crippen molar-refractivity contribution in [3.05, 3.63) is 34.3 Å². The molecule has 74 valence electrons. The third-order valence-corrected chi connectivity index (χ3v) is 2.31. The molecule has 0 saturated carbocycles. The minimum Gasteiger partial charge on any atom is -0.408 e. The van der Waals surface area contributed by atoms with E-state index in [9.17, 15) is 4.79 Å². The van der Waals surface area contributed by atoms with Crippen LogP contribution in [0.25, 0.3) is 11.1 Å². The van der Waals surface area contributed by atoms with Crippen LogP contribution >= 0.6 is 0 Å². The van der Waals surface area contributed by atoms with Crippen molar-refractivity contribution in [1.82, 2.24) is 4.98 Å². The number of fused-ring (bicyclic) bond motifs is 1. The summed E-state index contributed by atoms with van der Waals surface area (Å²) in [7, 11) is 0. The Bertz CT molecular complexity index is 498. The third-order valence-electron chi connectivity index (χ3n) is 2.31. The van der Waals surface area contributed by atoms with Gasteiger partial charge in [0.1, 0.15) is 0 Å². The monoisotopic (exact) mass is 192 g/mol. The number of aromatic nitrogens is 1. The molecular formula is C10H12N2O2. The van der Waals surface area contributed by atoms with Gasteiger partial charge >= 0.3 is 5.76 Å². The van der Waals surface area contributed by atoms with Gasteiger partial charge in [-0.2, -0.15) is 0 Å². The minimum absolute atomic E-state index is 0.000368. The van der Waals surface area contributed by atoms with Gasteiger partial charge in [-0.3, -0.25) is 4.98 Å². The van der Waals surface area contributed by atoms with Crippen molar-refractivity contribution < 1.29 is 4.42 Å². The van der Waals surface area contributed by atoms with Crippen molar-refractivity contribution >= 4 is 11.1 Å². The molecule has 4 nitrogen and oxygen atoms in total. The third kappa shape index (κ3) is 1.44. The number of nitrogens with two attached hydrogens (primary N) is 1. The second kappa shape index (κ2) is 3.31. The molecule has 0 aliphatic rings. The maximum absolute atomic E-state index is 10.9. The zero-order valence-electron chi connectivity index (χ0n) is 7.91. The Morgan fingerprint density at radius 1 is 1.57 bits per heavy atom. The fourth-order valence-corrected chi connectivity index (χ4v) is 1.43. The number of rotatable bonds is 2. The van der Waals surface area contributed by atoms with Crippen LogP contribution in [0.4, 0.5) is 0 Å². The van der Waals surface area contributed by atoms with Crippen LogP contribution in [0.5, 0.6) is 0 Å². The van der Waals surface area contributed by atoms with Crippen LogP contribution in [-0.2, 0) is 0 Å². The number of aromatic amines is 1. The van der Waals surface area contributed by atoms with E-state index in [1.54, 1.807) is 6.07 Å². The van der Waals surface area contributed by atoms with Crippen molar-refractivity contribution in [3.8, 4) is 0 Å². The molecular weight excluding hydrogens is 180 g/mol. The largest absolute Gasteiger partial charge is 0.417 e. The van der Waals surface area contributed by atoms with Crippen LogP contribution in [0, 0.1) is 0 Å². The lowest BCUT2D eigenvalue weighted by atomic mass is 10.1. The number of benzene rings is 1. The first kappa shape index (κ1) is 9.02. The predicted molar refractivity (Wildman–Crippen MR) is 54.1 cm³/mol. The molecule has 1 aromatic carbocycles. The van der Waals surface area contributed by atoms with Gasteiger partial charge in [-0.25, -0.2) is 4.79 Å². The van der Waals surface area contributed by atoms with Crippen molar-refractivity contribution in [2.24, 2.45) is 5.73 Å². The zero-order chi connectivity index (χ0) is 10.1. The van der Waals surface area contributed by atoms with E-state index < -0.39 is 5.76 Å². The molecule has 1 aromatic heterocycles. The first-order chi connectivity index (χ1) is 6.70. The molecule has 0 aliphatic heterocycles. The van der Waals surface area contributed by atoms with Crippen molar-refractivity contribution in [2.45, 2.75) is 19.4 Å². The second-order valence-electron chi connectivity index (χ2n) is 3.28. The molecule has 0 aliphatic carbocycles. The van der Waals surface area contributed by atoms with Crippen LogP contribution in [0.1, 0.15) is 24.9 Å². The summed E-state index contributed by atoms with van der Waals surface area (Å²) in [5, 5.41) is 0. The molecule has 2 aromatic rings.